The summed E-state index contributed by atoms with van der Waals surface area (Å²) < 4.78 is 26.7. The van der Waals surface area contributed by atoms with Crippen molar-refractivity contribution >= 4 is 11.8 Å². The molecule has 20 heavy (non-hydrogen) atoms. The number of likely N-dealkylation sites (tertiary alicyclic amines) is 1. The van der Waals surface area contributed by atoms with E-state index in [0.717, 1.165) is 6.07 Å². The molecule has 0 spiro atoms. The molecule has 2 amide bonds. The molecule has 0 radical (unpaired) electrons. The number of piperidine rings is 1. The molecule has 0 bridgehead atoms. The summed E-state index contributed by atoms with van der Waals surface area (Å²) in [5.41, 5.74) is -0.247. The summed E-state index contributed by atoms with van der Waals surface area (Å²) in [6, 6.07) is 3.61. The van der Waals surface area contributed by atoms with Crippen LogP contribution in [0.15, 0.2) is 18.2 Å². The van der Waals surface area contributed by atoms with Gasteiger partial charge in [-0.2, -0.15) is 0 Å². The number of nitrogens with zero attached hydrogens (tertiary/aromatic N) is 1. The minimum absolute atomic E-state index is 0.0360. The van der Waals surface area contributed by atoms with Crippen LogP contribution in [0.1, 0.15) is 30.1 Å². The van der Waals surface area contributed by atoms with Gasteiger partial charge in [0.2, 0.25) is 5.91 Å². The minimum atomic E-state index is -1.11. The molecule has 0 saturated carbocycles. The van der Waals surface area contributed by atoms with Crippen LogP contribution in [-0.4, -0.2) is 35.8 Å². The summed E-state index contributed by atoms with van der Waals surface area (Å²) in [7, 11) is 0. The Labute approximate surface area is 115 Å². The molecule has 1 aromatic rings. The molecule has 6 heteroatoms. The van der Waals surface area contributed by atoms with Gasteiger partial charge in [-0.3, -0.25) is 9.59 Å². The number of amides is 2. The van der Waals surface area contributed by atoms with Crippen molar-refractivity contribution in [3.05, 3.63) is 35.4 Å². The van der Waals surface area contributed by atoms with E-state index < -0.39 is 17.5 Å². The number of rotatable bonds is 2. The Kier molecular flexibility index (Phi) is 4.32. The lowest BCUT2D eigenvalue weighted by Crippen LogP contribution is -2.46. The van der Waals surface area contributed by atoms with Gasteiger partial charge < -0.3 is 10.2 Å². The largest absolute Gasteiger partial charge is 0.353 e. The summed E-state index contributed by atoms with van der Waals surface area (Å²) in [6.45, 7) is 2.28. The Morgan fingerprint density at radius 3 is 2.50 bits per heavy atom. The average molecular weight is 282 g/mol. The van der Waals surface area contributed by atoms with Crippen LogP contribution in [-0.2, 0) is 4.79 Å². The fraction of sp³-hybridized carbons (Fsp3) is 0.429. The van der Waals surface area contributed by atoms with Gasteiger partial charge in [-0.25, -0.2) is 8.78 Å². The van der Waals surface area contributed by atoms with Crippen molar-refractivity contribution in [1.82, 2.24) is 10.2 Å². The van der Waals surface area contributed by atoms with Crippen LogP contribution in [0.2, 0.25) is 0 Å². The second-order valence-corrected chi connectivity index (χ2v) is 4.87. The van der Waals surface area contributed by atoms with Crippen molar-refractivity contribution in [2.24, 2.45) is 0 Å². The SMILES string of the molecule is CC(=O)NC1CCN(C(=O)c2cccc(F)c2F)CC1. The van der Waals surface area contributed by atoms with Crippen LogP contribution < -0.4 is 5.32 Å². The Hall–Kier alpha value is -1.98. The highest BCUT2D eigenvalue weighted by Crippen LogP contribution is 2.17. The van der Waals surface area contributed by atoms with Gasteiger partial charge in [-0.1, -0.05) is 6.07 Å². The number of hydrogen-bond donors (Lipinski definition) is 1. The van der Waals surface area contributed by atoms with Crippen molar-refractivity contribution in [2.45, 2.75) is 25.8 Å². The predicted octanol–water partition coefficient (Wildman–Crippen LogP) is 1.71. The highest BCUT2D eigenvalue weighted by molar-refractivity contribution is 5.94. The maximum Gasteiger partial charge on any atom is 0.256 e. The van der Waals surface area contributed by atoms with E-state index in [1.54, 1.807) is 0 Å². The summed E-state index contributed by atoms with van der Waals surface area (Å²) in [5.74, 6) is -2.75. The molecule has 108 valence electrons. The van der Waals surface area contributed by atoms with E-state index in [4.69, 9.17) is 0 Å². The molecular weight excluding hydrogens is 266 g/mol. The smallest absolute Gasteiger partial charge is 0.256 e. The minimum Gasteiger partial charge on any atom is -0.353 e. The van der Waals surface area contributed by atoms with Gasteiger partial charge in [0.1, 0.15) is 0 Å². The lowest BCUT2D eigenvalue weighted by Gasteiger charge is -2.32. The number of halogens is 2. The molecule has 0 unspecified atom stereocenters. The first-order valence-electron chi connectivity index (χ1n) is 6.49. The van der Waals surface area contributed by atoms with E-state index in [-0.39, 0.29) is 17.5 Å². The zero-order chi connectivity index (χ0) is 14.7. The highest BCUT2D eigenvalue weighted by atomic mass is 19.2. The molecule has 1 fully saturated rings. The predicted molar refractivity (Wildman–Crippen MR) is 69.1 cm³/mol. The first-order chi connectivity index (χ1) is 9.49. The average Bonchev–Trinajstić information content (AvgIpc) is 2.41. The fourth-order valence-electron chi connectivity index (χ4n) is 2.35. The van der Waals surface area contributed by atoms with Crippen LogP contribution in [0.5, 0.6) is 0 Å². The Bertz CT molecular complexity index is 526. The van der Waals surface area contributed by atoms with E-state index in [0.29, 0.717) is 25.9 Å². The molecule has 0 atom stereocenters. The van der Waals surface area contributed by atoms with Crippen LogP contribution in [0, 0.1) is 11.6 Å². The van der Waals surface area contributed by atoms with Gasteiger partial charge in [0, 0.05) is 26.1 Å². The number of benzene rings is 1. The van der Waals surface area contributed by atoms with Crippen molar-refractivity contribution in [3.8, 4) is 0 Å². The first-order valence-corrected chi connectivity index (χ1v) is 6.49. The molecular formula is C14H16F2N2O2. The fourth-order valence-corrected chi connectivity index (χ4v) is 2.35. The molecule has 0 aliphatic carbocycles. The molecule has 1 aliphatic heterocycles. The molecule has 1 N–H and O–H groups in total. The van der Waals surface area contributed by atoms with E-state index in [1.165, 1.54) is 24.0 Å². The Balaban J connectivity index is 2.02. The maximum absolute atomic E-state index is 13.6. The van der Waals surface area contributed by atoms with Crippen molar-refractivity contribution in [3.63, 3.8) is 0 Å². The molecule has 1 saturated heterocycles. The quantitative estimate of drug-likeness (QED) is 0.897. The lowest BCUT2D eigenvalue weighted by molar-refractivity contribution is -0.119. The second-order valence-electron chi connectivity index (χ2n) is 4.87. The molecule has 1 aliphatic rings. The van der Waals surface area contributed by atoms with E-state index in [2.05, 4.69) is 5.32 Å². The van der Waals surface area contributed by atoms with Gasteiger partial charge in [-0.05, 0) is 25.0 Å². The third-order valence-corrected chi connectivity index (χ3v) is 3.37. The number of carbonyl (C=O) groups excluding carboxylic acids is 2. The number of hydrogen-bond acceptors (Lipinski definition) is 2. The zero-order valence-electron chi connectivity index (χ0n) is 11.2. The van der Waals surface area contributed by atoms with Crippen molar-refractivity contribution in [1.29, 1.82) is 0 Å². The first kappa shape index (κ1) is 14.4. The van der Waals surface area contributed by atoms with Crippen LogP contribution in [0.25, 0.3) is 0 Å². The van der Waals surface area contributed by atoms with Crippen LogP contribution in [0.3, 0.4) is 0 Å². The Morgan fingerprint density at radius 2 is 1.90 bits per heavy atom. The number of nitrogens with one attached hydrogen (secondary N) is 1. The van der Waals surface area contributed by atoms with Crippen LogP contribution in [0.4, 0.5) is 8.78 Å². The molecule has 0 aromatic heterocycles. The van der Waals surface area contributed by atoms with Gasteiger partial charge in [-0.15, -0.1) is 0 Å². The van der Waals surface area contributed by atoms with Crippen LogP contribution >= 0.6 is 0 Å². The maximum atomic E-state index is 13.6. The van der Waals surface area contributed by atoms with E-state index in [9.17, 15) is 18.4 Å². The zero-order valence-corrected chi connectivity index (χ0v) is 11.2. The standard InChI is InChI=1S/C14H16F2N2O2/c1-9(19)17-10-5-7-18(8-6-10)14(20)11-3-2-4-12(15)13(11)16/h2-4,10H,5-8H2,1H3,(H,17,19). The second kappa shape index (κ2) is 5.98. The molecule has 1 aromatic carbocycles. The summed E-state index contributed by atoms with van der Waals surface area (Å²) >= 11 is 0. The lowest BCUT2D eigenvalue weighted by atomic mass is 10.0. The topological polar surface area (TPSA) is 49.4 Å². The summed E-state index contributed by atoms with van der Waals surface area (Å²) in [5, 5.41) is 2.79. The van der Waals surface area contributed by atoms with Crippen molar-refractivity contribution in [2.75, 3.05) is 13.1 Å². The highest BCUT2D eigenvalue weighted by Gasteiger charge is 2.26. The van der Waals surface area contributed by atoms with Gasteiger partial charge in [0.05, 0.1) is 5.56 Å². The monoisotopic (exact) mass is 282 g/mol. The third kappa shape index (κ3) is 3.12. The van der Waals surface area contributed by atoms with E-state index >= 15 is 0 Å². The van der Waals surface area contributed by atoms with Gasteiger partial charge in [0.15, 0.2) is 11.6 Å². The normalized spacial score (nSPS) is 16.1. The molecule has 4 nitrogen and oxygen atoms in total. The van der Waals surface area contributed by atoms with E-state index in [1.807, 2.05) is 0 Å². The third-order valence-electron chi connectivity index (χ3n) is 3.37. The molecule has 2 rings (SSSR count). The summed E-state index contributed by atoms with van der Waals surface area (Å²) in [4.78, 5) is 24.6. The van der Waals surface area contributed by atoms with Crippen molar-refractivity contribution < 1.29 is 18.4 Å². The number of carbonyl (C=O) groups is 2. The Morgan fingerprint density at radius 1 is 1.25 bits per heavy atom. The molecule has 1 heterocycles. The van der Waals surface area contributed by atoms with Gasteiger partial charge >= 0.3 is 0 Å². The van der Waals surface area contributed by atoms with Gasteiger partial charge in [0.25, 0.3) is 5.91 Å². The summed E-state index contributed by atoms with van der Waals surface area (Å²) in [6.07, 6.45) is 1.23.